The minimum Gasteiger partial charge on any atom is -0.419 e. The maximum Gasteiger partial charge on any atom is 0.343 e. The summed E-state index contributed by atoms with van der Waals surface area (Å²) >= 11 is 0. The zero-order valence-corrected chi connectivity index (χ0v) is 20.7. The summed E-state index contributed by atoms with van der Waals surface area (Å²) in [6.45, 7) is 4.19. The van der Waals surface area contributed by atoms with Crippen molar-refractivity contribution in [2.45, 2.75) is 39.5 Å². The topological polar surface area (TPSA) is 52.6 Å². The van der Waals surface area contributed by atoms with Gasteiger partial charge in [0.2, 0.25) is 0 Å². The molecule has 0 heterocycles. The van der Waals surface area contributed by atoms with Gasteiger partial charge in [-0.2, -0.15) is 0 Å². The molecule has 0 saturated heterocycles. The molecule has 0 spiro atoms. The third kappa shape index (κ3) is 5.72. The monoisotopic (exact) mass is 478 g/mol. The van der Waals surface area contributed by atoms with Crippen molar-refractivity contribution >= 4 is 11.9 Å². The van der Waals surface area contributed by atoms with Crippen molar-refractivity contribution in [1.82, 2.24) is 0 Å². The molecule has 4 rings (SSSR count). The molecule has 0 N–H and O–H groups in total. The Morgan fingerprint density at radius 3 is 1.53 bits per heavy atom. The number of hydrogen-bond acceptors (Lipinski definition) is 4. The molecule has 0 aliphatic heterocycles. The Labute approximate surface area is 212 Å². The molecule has 4 nitrogen and oxygen atoms in total. The highest BCUT2D eigenvalue weighted by Gasteiger charge is 2.26. The second-order valence-electron chi connectivity index (χ2n) is 8.61. The van der Waals surface area contributed by atoms with E-state index in [4.69, 9.17) is 9.47 Å². The van der Waals surface area contributed by atoms with Crippen LogP contribution < -0.4 is 9.47 Å². The Hall–Kier alpha value is -4.18. The molecule has 0 bridgehead atoms. The Morgan fingerprint density at radius 1 is 0.583 bits per heavy atom. The number of carbonyl (C=O) groups excluding carboxylic acids is 2. The quantitative estimate of drug-likeness (QED) is 0.183. The van der Waals surface area contributed by atoms with E-state index in [-0.39, 0.29) is 5.75 Å². The van der Waals surface area contributed by atoms with E-state index in [0.717, 1.165) is 41.5 Å². The van der Waals surface area contributed by atoms with Crippen LogP contribution >= 0.6 is 0 Å². The summed E-state index contributed by atoms with van der Waals surface area (Å²) in [5.74, 6) is -0.407. The maximum atomic E-state index is 13.3. The van der Waals surface area contributed by atoms with Gasteiger partial charge >= 0.3 is 11.9 Å². The van der Waals surface area contributed by atoms with E-state index < -0.39 is 11.9 Å². The highest BCUT2D eigenvalue weighted by Crippen LogP contribution is 2.45. The average molecular weight is 479 g/mol. The van der Waals surface area contributed by atoms with E-state index in [2.05, 4.69) is 19.9 Å². The van der Waals surface area contributed by atoms with Crippen LogP contribution in [0.4, 0.5) is 0 Å². The summed E-state index contributed by atoms with van der Waals surface area (Å²) in [4.78, 5) is 26.5. The summed E-state index contributed by atoms with van der Waals surface area (Å²) in [5.41, 5.74) is 4.44. The smallest absolute Gasteiger partial charge is 0.343 e. The number of rotatable bonds is 9. The Balaban J connectivity index is 1.93. The highest BCUT2D eigenvalue weighted by atomic mass is 16.6. The summed E-state index contributed by atoms with van der Waals surface area (Å²) in [7, 11) is 0. The van der Waals surface area contributed by atoms with Crippen LogP contribution in [0.5, 0.6) is 11.5 Å². The normalized spacial score (nSPS) is 10.6. The minimum atomic E-state index is -0.499. The van der Waals surface area contributed by atoms with Gasteiger partial charge in [-0.15, -0.1) is 0 Å². The van der Waals surface area contributed by atoms with Crippen LogP contribution in [0, 0.1) is 0 Å². The molecule has 4 heteroatoms. The van der Waals surface area contributed by atoms with Crippen molar-refractivity contribution < 1.29 is 19.1 Å². The molecule has 36 heavy (non-hydrogen) atoms. The fraction of sp³-hybridized carbons (Fsp3) is 0.188. The van der Waals surface area contributed by atoms with Crippen LogP contribution in [-0.2, 0) is 12.8 Å². The summed E-state index contributed by atoms with van der Waals surface area (Å²) in [6.07, 6.45) is 3.24. The number of hydrogen-bond donors (Lipinski definition) is 0. The number of carbonyl (C=O) groups is 2. The summed E-state index contributed by atoms with van der Waals surface area (Å²) in [6, 6.07) is 29.6. The predicted molar refractivity (Wildman–Crippen MR) is 143 cm³/mol. The molecule has 0 atom stereocenters. The van der Waals surface area contributed by atoms with Crippen LogP contribution in [0.25, 0.3) is 11.1 Å². The van der Waals surface area contributed by atoms with Crippen LogP contribution in [0.15, 0.2) is 97.1 Å². The van der Waals surface area contributed by atoms with Crippen molar-refractivity contribution in [1.29, 1.82) is 0 Å². The average Bonchev–Trinajstić information content (AvgIpc) is 2.92. The zero-order valence-electron chi connectivity index (χ0n) is 20.7. The highest BCUT2D eigenvalue weighted by molar-refractivity contribution is 5.95. The number of benzene rings is 4. The van der Waals surface area contributed by atoms with Crippen LogP contribution in [-0.4, -0.2) is 11.9 Å². The molecule has 4 aromatic carbocycles. The van der Waals surface area contributed by atoms with Crippen molar-refractivity contribution in [3.05, 3.63) is 119 Å². The second kappa shape index (κ2) is 12.0. The molecule has 0 aliphatic rings. The van der Waals surface area contributed by atoms with Gasteiger partial charge in [-0.3, -0.25) is 0 Å². The fourth-order valence-electron chi connectivity index (χ4n) is 4.26. The maximum absolute atomic E-state index is 13.3. The SMILES string of the molecule is CCCc1cc(CCC)c(-c2ccccc2)c(OC(=O)c2ccccc2)c1OC(=O)c1ccccc1. The van der Waals surface area contributed by atoms with E-state index in [1.807, 2.05) is 42.5 Å². The molecule has 0 aromatic heterocycles. The first-order valence-electron chi connectivity index (χ1n) is 12.4. The predicted octanol–water partition coefficient (Wildman–Crippen LogP) is 7.70. The lowest BCUT2D eigenvalue weighted by Crippen LogP contribution is -2.15. The molecule has 182 valence electrons. The van der Waals surface area contributed by atoms with Crippen molar-refractivity contribution in [3.63, 3.8) is 0 Å². The lowest BCUT2D eigenvalue weighted by atomic mass is 9.91. The van der Waals surface area contributed by atoms with E-state index in [1.165, 1.54) is 0 Å². The van der Waals surface area contributed by atoms with Gasteiger partial charge in [0.05, 0.1) is 11.1 Å². The molecule has 0 aliphatic carbocycles. The fourth-order valence-corrected chi connectivity index (χ4v) is 4.26. The third-order valence-corrected chi connectivity index (χ3v) is 5.90. The molecule has 0 fully saturated rings. The van der Waals surface area contributed by atoms with Crippen LogP contribution in [0.3, 0.4) is 0 Å². The van der Waals surface area contributed by atoms with Crippen LogP contribution in [0.2, 0.25) is 0 Å². The lowest BCUT2D eigenvalue weighted by Gasteiger charge is -2.22. The molecule has 0 saturated carbocycles. The van der Waals surface area contributed by atoms with Gasteiger partial charge in [0.1, 0.15) is 0 Å². The lowest BCUT2D eigenvalue weighted by molar-refractivity contribution is 0.0681. The van der Waals surface area contributed by atoms with Gasteiger partial charge in [-0.1, -0.05) is 99.5 Å². The molecule has 4 aromatic rings. The Kier molecular flexibility index (Phi) is 8.30. The van der Waals surface area contributed by atoms with E-state index in [0.29, 0.717) is 23.3 Å². The first-order chi connectivity index (χ1) is 17.6. The van der Waals surface area contributed by atoms with Crippen molar-refractivity contribution in [2.75, 3.05) is 0 Å². The molecule has 0 amide bonds. The Morgan fingerprint density at radius 2 is 1.03 bits per heavy atom. The van der Waals surface area contributed by atoms with E-state index in [1.54, 1.807) is 48.5 Å². The third-order valence-electron chi connectivity index (χ3n) is 5.90. The molecular formula is C32H30O4. The zero-order chi connectivity index (χ0) is 25.3. The first kappa shape index (κ1) is 24.9. The van der Waals surface area contributed by atoms with Gasteiger partial charge in [0, 0.05) is 5.56 Å². The van der Waals surface area contributed by atoms with Crippen molar-refractivity contribution in [2.24, 2.45) is 0 Å². The van der Waals surface area contributed by atoms with Gasteiger partial charge in [0.25, 0.3) is 0 Å². The standard InChI is InChI=1S/C32H30O4/c1-3-14-26-22-27(15-4-2)29(35-31(33)24-18-10-6-11-19-24)30(28(26)23-16-8-5-9-17-23)36-32(34)25-20-12-7-13-21-25/h5-13,16-22H,3-4,14-15H2,1-2H3. The second-order valence-corrected chi connectivity index (χ2v) is 8.61. The van der Waals surface area contributed by atoms with Gasteiger partial charge in [0.15, 0.2) is 11.5 Å². The Bertz CT molecular complexity index is 1310. The van der Waals surface area contributed by atoms with Gasteiger partial charge in [-0.05, 0) is 53.8 Å². The van der Waals surface area contributed by atoms with E-state index in [9.17, 15) is 9.59 Å². The summed E-state index contributed by atoms with van der Waals surface area (Å²) < 4.78 is 12.1. The number of ether oxygens (including phenoxy) is 2. The van der Waals surface area contributed by atoms with Crippen LogP contribution in [0.1, 0.15) is 58.5 Å². The van der Waals surface area contributed by atoms with Crippen molar-refractivity contribution in [3.8, 4) is 22.6 Å². The number of aryl methyl sites for hydroxylation is 2. The first-order valence-corrected chi connectivity index (χ1v) is 12.4. The summed E-state index contributed by atoms with van der Waals surface area (Å²) in [5, 5.41) is 0. The van der Waals surface area contributed by atoms with E-state index >= 15 is 0 Å². The van der Waals surface area contributed by atoms with Gasteiger partial charge < -0.3 is 9.47 Å². The number of esters is 2. The van der Waals surface area contributed by atoms with Gasteiger partial charge in [-0.25, -0.2) is 9.59 Å². The minimum absolute atomic E-state index is 0.286. The largest absolute Gasteiger partial charge is 0.419 e. The molecule has 0 radical (unpaired) electrons. The molecule has 0 unspecified atom stereocenters. The molecular weight excluding hydrogens is 448 g/mol.